The highest BCUT2D eigenvalue weighted by molar-refractivity contribution is 6.30. The molecule has 3 aromatic rings. The molecule has 0 aliphatic heterocycles. The highest BCUT2D eigenvalue weighted by Crippen LogP contribution is 2.21. The summed E-state index contributed by atoms with van der Waals surface area (Å²) in [6.45, 7) is 0. The number of benzene rings is 1. The van der Waals surface area contributed by atoms with Crippen LogP contribution in [-0.2, 0) is 0 Å². The fourth-order valence-corrected chi connectivity index (χ4v) is 1.66. The summed E-state index contributed by atoms with van der Waals surface area (Å²) in [6.07, 6.45) is 5.02. The Morgan fingerprint density at radius 3 is 2.58 bits per heavy atom. The third kappa shape index (κ3) is 2.71. The Morgan fingerprint density at radius 2 is 1.84 bits per heavy atom. The molecule has 0 aliphatic rings. The number of nitrogens with one attached hydrogen (secondary N) is 1. The van der Waals surface area contributed by atoms with E-state index >= 15 is 0 Å². The molecule has 3 rings (SSSR count). The Hall–Kier alpha value is -2.40. The lowest BCUT2D eigenvalue weighted by atomic mass is 10.3. The number of imidazole rings is 1. The van der Waals surface area contributed by atoms with Crippen molar-refractivity contribution in [3.05, 3.63) is 53.9 Å². The molecule has 0 saturated carbocycles. The molecule has 0 radical (unpaired) electrons. The zero-order valence-corrected chi connectivity index (χ0v) is 10.5. The van der Waals surface area contributed by atoms with Crippen LogP contribution in [0, 0.1) is 0 Å². The second kappa shape index (κ2) is 5.07. The van der Waals surface area contributed by atoms with Gasteiger partial charge in [0.2, 0.25) is 0 Å². The van der Waals surface area contributed by atoms with Crippen LogP contribution >= 0.6 is 11.6 Å². The number of ether oxygens (including phenoxy) is 1. The fourth-order valence-electron chi connectivity index (χ4n) is 1.54. The van der Waals surface area contributed by atoms with E-state index in [4.69, 9.17) is 16.3 Å². The van der Waals surface area contributed by atoms with Crippen molar-refractivity contribution >= 4 is 11.6 Å². The topological polar surface area (TPSA) is 63.7 Å². The molecule has 0 atom stereocenters. The molecule has 0 unspecified atom stereocenters. The van der Waals surface area contributed by atoms with E-state index in [1.165, 1.54) is 0 Å². The molecule has 2 aromatic heterocycles. The number of aromatic nitrogens is 4. The predicted molar refractivity (Wildman–Crippen MR) is 71.1 cm³/mol. The largest absolute Gasteiger partial charge is 0.424 e. The van der Waals surface area contributed by atoms with Crippen LogP contribution in [0.1, 0.15) is 0 Å². The summed E-state index contributed by atoms with van der Waals surface area (Å²) in [4.78, 5) is 15.4. The minimum Gasteiger partial charge on any atom is -0.424 e. The molecule has 1 N–H and O–H groups in total. The quantitative estimate of drug-likeness (QED) is 0.794. The molecule has 0 fully saturated rings. The van der Waals surface area contributed by atoms with Crippen molar-refractivity contribution in [1.82, 2.24) is 19.9 Å². The number of H-pyrrole nitrogens is 1. The van der Waals surface area contributed by atoms with Gasteiger partial charge in [0.15, 0.2) is 5.82 Å². The SMILES string of the molecule is Clc1ccc(Oc2nccc(-c3ncc[nH]3)n2)cc1. The van der Waals surface area contributed by atoms with Gasteiger partial charge in [-0.25, -0.2) is 9.97 Å². The number of nitrogens with zero attached hydrogens (tertiary/aromatic N) is 3. The monoisotopic (exact) mass is 272 g/mol. The van der Waals surface area contributed by atoms with Gasteiger partial charge in [-0.05, 0) is 30.3 Å². The molecule has 2 heterocycles. The van der Waals surface area contributed by atoms with Crippen molar-refractivity contribution in [2.75, 3.05) is 0 Å². The number of hydrogen-bond donors (Lipinski definition) is 1. The maximum atomic E-state index is 5.81. The normalized spacial score (nSPS) is 10.4. The summed E-state index contributed by atoms with van der Waals surface area (Å²) < 4.78 is 5.55. The van der Waals surface area contributed by atoms with Gasteiger partial charge in [0.05, 0.1) is 0 Å². The lowest BCUT2D eigenvalue weighted by molar-refractivity contribution is 0.442. The smallest absolute Gasteiger partial charge is 0.322 e. The summed E-state index contributed by atoms with van der Waals surface area (Å²) in [5.74, 6) is 1.30. The number of aromatic amines is 1. The maximum Gasteiger partial charge on any atom is 0.322 e. The molecule has 0 bridgehead atoms. The Kier molecular flexibility index (Phi) is 3.12. The van der Waals surface area contributed by atoms with Crippen LogP contribution in [0.4, 0.5) is 0 Å². The summed E-state index contributed by atoms with van der Waals surface area (Å²) >= 11 is 5.81. The lowest BCUT2D eigenvalue weighted by Crippen LogP contribution is -1.94. The van der Waals surface area contributed by atoms with E-state index in [9.17, 15) is 0 Å². The van der Waals surface area contributed by atoms with E-state index in [0.29, 0.717) is 22.3 Å². The molecular formula is C13H9ClN4O. The number of halogens is 1. The van der Waals surface area contributed by atoms with Gasteiger partial charge >= 0.3 is 6.01 Å². The number of rotatable bonds is 3. The van der Waals surface area contributed by atoms with Crippen molar-refractivity contribution in [3.63, 3.8) is 0 Å². The first-order chi connectivity index (χ1) is 9.31. The molecule has 6 heteroatoms. The molecule has 1 aromatic carbocycles. The highest BCUT2D eigenvalue weighted by atomic mass is 35.5. The molecule has 0 spiro atoms. The van der Waals surface area contributed by atoms with E-state index in [0.717, 1.165) is 0 Å². The molecule has 0 amide bonds. The average Bonchev–Trinajstić information content (AvgIpc) is 2.96. The van der Waals surface area contributed by atoms with Crippen LogP contribution in [-0.4, -0.2) is 19.9 Å². The van der Waals surface area contributed by atoms with E-state index < -0.39 is 0 Å². The average molecular weight is 273 g/mol. The predicted octanol–water partition coefficient (Wildman–Crippen LogP) is 3.31. The summed E-state index contributed by atoms with van der Waals surface area (Å²) in [6, 6.07) is 9.01. The second-order valence-corrected chi connectivity index (χ2v) is 4.15. The Bertz CT molecular complexity index is 667. The van der Waals surface area contributed by atoms with Crippen LogP contribution in [0.25, 0.3) is 11.5 Å². The third-order valence-corrected chi connectivity index (χ3v) is 2.65. The van der Waals surface area contributed by atoms with Crippen LogP contribution in [0.2, 0.25) is 5.02 Å². The number of hydrogen-bond acceptors (Lipinski definition) is 4. The van der Waals surface area contributed by atoms with Crippen LogP contribution in [0.15, 0.2) is 48.9 Å². The minimum absolute atomic E-state index is 0.260. The molecule has 0 aliphatic carbocycles. The maximum absolute atomic E-state index is 5.81. The van der Waals surface area contributed by atoms with Gasteiger partial charge in [-0.3, -0.25) is 0 Å². The van der Waals surface area contributed by atoms with Gasteiger partial charge in [0, 0.05) is 23.6 Å². The van der Waals surface area contributed by atoms with Gasteiger partial charge in [-0.1, -0.05) is 11.6 Å². The highest BCUT2D eigenvalue weighted by Gasteiger charge is 2.05. The Labute approximate surface area is 114 Å². The molecule has 19 heavy (non-hydrogen) atoms. The first-order valence-corrected chi connectivity index (χ1v) is 5.95. The lowest BCUT2D eigenvalue weighted by Gasteiger charge is -2.04. The molecule has 94 valence electrons. The zero-order valence-electron chi connectivity index (χ0n) is 9.75. The van der Waals surface area contributed by atoms with E-state index in [1.54, 1.807) is 48.9 Å². The minimum atomic E-state index is 0.260. The van der Waals surface area contributed by atoms with Gasteiger partial charge < -0.3 is 9.72 Å². The van der Waals surface area contributed by atoms with Crippen molar-refractivity contribution in [2.24, 2.45) is 0 Å². The van der Waals surface area contributed by atoms with Gasteiger partial charge in [0.1, 0.15) is 11.4 Å². The summed E-state index contributed by atoms with van der Waals surface area (Å²) in [7, 11) is 0. The van der Waals surface area contributed by atoms with Crippen molar-refractivity contribution in [3.8, 4) is 23.3 Å². The standard InChI is InChI=1S/C13H9ClN4O/c14-9-1-3-10(4-2-9)19-13-17-6-5-11(18-13)12-15-7-8-16-12/h1-8H,(H,15,16). The van der Waals surface area contributed by atoms with E-state index in [-0.39, 0.29) is 6.01 Å². The van der Waals surface area contributed by atoms with Crippen molar-refractivity contribution in [2.45, 2.75) is 0 Å². The fraction of sp³-hybridized carbons (Fsp3) is 0. The van der Waals surface area contributed by atoms with E-state index in [1.807, 2.05) is 0 Å². The van der Waals surface area contributed by atoms with Gasteiger partial charge in [-0.2, -0.15) is 4.98 Å². The molecule has 0 saturated heterocycles. The van der Waals surface area contributed by atoms with Gasteiger partial charge in [0.25, 0.3) is 0 Å². The summed E-state index contributed by atoms with van der Waals surface area (Å²) in [5.41, 5.74) is 0.670. The zero-order chi connectivity index (χ0) is 13.1. The van der Waals surface area contributed by atoms with Crippen molar-refractivity contribution in [1.29, 1.82) is 0 Å². The van der Waals surface area contributed by atoms with Crippen LogP contribution in [0.3, 0.4) is 0 Å². The third-order valence-electron chi connectivity index (χ3n) is 2.40. The summed E-state index contributed by atoms with van der Waals surface area (Å²) in [5, 5.41) is 0.651. The molecular weight excluding hydrogens is 264 g/mol. The van der Waals surface area contributed by atoms with Crippen LogP contribution in [0.5, 0.6) is 11.8 Å². The van der Waals surface area contributed by atoms with Gasteiger partial charge in [-0.15, -0.1) is 0 Å². The second-order valence-electron chi connectivity index (χ2n) is 3.72. The van der Waals surface area contributed by atoms with Crippen molar-refractivity contribution < 1.29 is 4.74 Å². The Balaban J connectivity index is 1.85. The van der Waals surface area contributed by atoms with Crippen LogP contribution < -0.4 is 4.74 Å². The first kappa shape index (κ1) is 11.7. The Morgan fingerprint density at radius 1 is 1.00 bits per heavy atom. The molecule has 5 nitrogen and oxygen atoms in total. The van der Waals surface area contributed by atoms with E-state index in [2.05, 4.69) is 19.9 Å². The first-order valence-electron chi connectivity index (χ1n) is 5.57.